The molecule has 1 aromatic heterocycles. The number of benzene rings is 1. The van der Waals surface area contributed by atoms with Crippen molar-refractivity contribution in [2.24, 2.45) is 5.92 Å². The molecule has 120 valence electrons. The first kappa shape index (κ1) is 17.1. The molecule has 0 bridgehead atoms. The molecule has 0 saturated carbocycles. The molecule has 0 radical (unpaired) electrons. The summed E-state index contributed by atoms with van der Waals surface area (Å²) in [6, 6.07) is 7.33. The second-order valence-corrected chi connectivity index (χ2v) is 8.60. The van der Waals surface area contributed by atoms with Crippen molar-refractivity contribution in [3.63, 3.8) is 0 Å². The summed E-state index contributed by atoms with van der Waals surface area (Å²) >= 11 is 1.48. The van der Waals surface area contributed by atoms with Gasteiger partial charge in [0.1, 0.15) is 5.01 Å². The second kappa shape index (κ2) is 7.35. The average Bonchev–Trinajstić information content (AvgIpc) is 2.90. The van der Waals surface area contributed by atoms with Crippen LogP contribution in [0.15, 0.2) is 35.8 Å². The predicted octanol–water partition coefficient (Wildman–Crippen LogP) is 3.66. The maximum absolute atomic E-state index is 12.5. The lowest BCUT2D eigenvalue weighted by molar-refractivity contribution is 0.470. The van der Waals surface area contributed by atoms with Crippen molar-refractivity contribution in [3.05, 3.63) is 52.0 Å². The largest absolute Gasteiger partial charge is 0.248 e. The van der Waals surface area contributed by atoms with Crippen molar-refractivity contribution in [1.82, 2.24) is 9.71 Å². The molecule has 0 amide bonds. The number of thiazole rings is 1. The molecule has 1 atom stereocenters. The Morgan fingerprint density at radius 2 is 2.09 bits per heavy atom. The molecule has 1 aromatic carbocycles. The second-order valence-electron chi connectivity index (χ2n) is 5.92. The fourth-order valence-electron chi connectivity index (χ4n) is 2.36. The van der Waals surface area contributed by atoms with Crippen LogP contribution in [0, 0.1) is 12.8 Å². The van der Waals surface area contributed by atoms with E-state index in [9.17, 15) is 8.42 Å². The average molecular weight is 338 g/mol. The molecule has 0 aliphatic rings. The van der Waals surface area contributed by atoms with Crippen LogP contribution in [0.1, 0.15) is 42.4 Å². The normalized spacial score (nSPS) is 13.5. The lowest BCUT2D eigenvalue weighted by Gasteiger charge is -2.18. The minimum Gasteiger partial charge on any atom is -0.248 e. The van der Waals surface area contributed by atoms with Crippen molar-refractivity contribution >= 4 is 21.4 Å². The zero-order valence-corrected chi connectivity index (χ0v) is 14.7. The van der Waals surface area contributed by atoms with E-state index in [4.69, 9.17) is 0 Å². The zero-order valence-electron chi connectivity index (χ0n) is 13.1. The van der Waals surface area contributed by atoms with Crippen LogP contribution >= 0.6 is 11.3 Å². The first-order valence-corrected chi connectivity index (χ1v) is 9.84. The van der Waals surface area contributed by atoms with E-state index >= 15 is 0 Å². The number of nitrogens with one attached hydrogen (secondary N) is 1. The minimum absolute atomic E-state index is 0.00531. The third-order valence-electron chi connectivity index (χ3n) is 3.22. The fourth-order valence-corrected chi connectivity index (χ4v) is 4.48. The molecule has 0 aliphatic heterocycles. The Bertz CT molecular complexity index is 695. The Labute approximate surface area is 136 Å². The van der Waals surface area contributed by atoms with E-state index in [2.05, 4.69) is 23.6 Å². The van der Waals surface area contributed by atoms with E-state index in [0.29, 0.717) is 5.92 Å². The monoisotopic (exact) mass is 338 g/mol. The summed E-state index contributed by atoms with van der Waals surface area (Å²) in [4.78, 5) is 4.27. The van der Waals surface area contributed by atoms with Gasteiger partial charge in [-0.1, -0.05) is 43.7 Å². The highest BCUT2D eigenvalue weighted by Gasteiger charge is 2.22. The summed E-state index contributed by atoms with van der Waals surface area (Å²) < 4.78 is 27.7. The van der Waals surface area contributed by atoms with Crippen LogP contribution in [0.4, 0.5) is 0 Å². The number of nitrogens with zero attached hydrogens (tertiary/aromatic N) is 1. The lowest BCUT2D eigenvalue weighted by atomic mass is 10.1. The fraction of sp³-hybridized carbons (Fsp3) is 0.438. The quantitative estimate of drug-likeness (QED) is 0.838. The molecule has 2 aromatic rings. The van der Waals surface area contributed by atoms with Crippen molar-refractivity contribution in [1.29, 1.82) is 0 Å². The Balaban J connectivity index is 2.14. The molecular weight excluding hydrogens is 316 g/mol. The molecule has 0 spiro atoms. The van der Waals surface area contributed by atoms with E-state index in [-0.39, 0.29) is 11.8 Å². The maximum Gasteiger partial charge on any atom is 0.216 e. The van der Waals surface area contributed by atoms with E-state index in [0.717, 1.165) is 22.6 Å². The molecule has 4 nitrogen and oxygen atoms in total. The lowest BCUT2D eigenvalue weighted by Crippen LogP contribution is -2.30. The first-order chi connectivity index (χ1) is 10.4. The van der Waals surface area contributed by atoms with Crippen molar-refractivity contribution in [3.8, 4) is 0 Å². The van der Waals surface area contributed by atoms with Crippen LogP contribution in [0.5, 0.6) is 0 Å². The third-order valence-corrected chi connectivity index (χ3v) is 5.46. The Morgan fingerprint density at radius 3 is 2.68 bits per heavy atom. The van der Waals surface area contributed by atoms with Gasteiger partial charge in [0.2, 0.25) is 10.0 Å². The highest BCUT2D eigenvalue weighted by atomic mass is 32.2. The molecule has 0 saturated heterocycles. The number of rotatable bonds is 7. The summed E-state index contributed by atoms with van der Waals surface area (Å²) in [6.07, 6.45) is 2.45. The summed E-state index contributed by atoms with van der Waals surface area (Å²) in [5, 5.41) is 2.69. The van der Waals surface area contributed by atoms with Crippen LogP contribution in [0.3, 0.4) is 0 Å². The van der Waals surface area contributed by atoms with Crippen molar-refractivity contribution in [2.45, 2.75) is 39.0 Å². The van der Waals surface area contributed by atoms with Gasteiger partial charge in [0.15, 0.2) is 0 Å². The number of aryl methyl sites for hydroxylation is 1. The van der Waals surface area contributed by atoms with Crippen LogP contribution in [-0.2, 0) is 15.8 Å². The van der Waals surface area contributed by atoms with E-state index in [1.165, 1.54) is 11.3 Å². The number of sulfonamides is 1. The van der Waals surface area contributed by atoms with Crippen LogP contribution < -0.4 is 4.72 Å². The molecule has 22 heavy (non-hydrogen) atoms. The Kier molecular flexibility index (Phi) is 5.72. The highest BCUT2D eigenvalue weighted by Crippen LogP contribution is 2.24. The smallest absolute Gasteiger partial charge is 0.216 e. The minimum atomic E-state index is -3.41. The molecule has 0 aliphatic carbocycles. The van der Waals surface area contributed by atoms with Gasteiger partial charge in [-0.2, -0.15) is 0 Å². The molecule has 1 heterocycles. The number of hydrogen-bond donors (Lipinski definition) is 1. The SMILES string of the molecule is Cc1cccc(CS(=O)(=O)NC(CC(C)C)c2nccs2)c1. The summed E-state index contributed by atoms with van der Waals surface area (Å²) in [5.74, 6) is 0.379. The van der Waals surface area contributed by atoms with Crippen molar-refractivity contribution in [2.75, 3.05) is 0 Å². The Hall–Kier alpha value is -1.24. The molecule has 1 unspecified atom stereocenters. The summed E-state index contributed by atoms with van der Waals surface area (Å²) in [5.41, 5.74) is 1.86. The molecule has 6 heteroatoms. The standard InChI is InChI=1S/C16H22N2O2S2/c1-12(2)9-15(16-17-7-8-21-16)18-22(19,20)11-14-6-4-5-13(3)10-14/h4-8,10,12,15,18H,9,11H2,1-3H3. The van der Waals surface area contributed by atoms with Crippen LogP contribution in [-0.4, -0.2) is 13.4 Å². The number of hydrogen-bond acceptors (Lipinski definition) is 4. The van der Waals surface area contributed by atoms with Gasteiger partial charge in [0.25, 0.3) is 0 Å². The Morgan fingerprint density at radius 1 is 1.32 bits per heavy atom. The van der Waals surface area contributed by atoms with Crippen LogP contribution in [0.2, 0.25) is 0 Å². The third kappa shape index (κ3) is 5.19. The maximum atomic E-state index is 12.5. The van der Waals surface area contributed by atoms with E-state index < -0.39 is 10.0 Å². The van der Waals surface area contributed by atoms with Gasteiger partial charge in [-0.05, 0) is 24.8 Å². The molecule has 1 N–H and O–H groups in total. The predicted molar refractivity (Wildman–Crippen MR) is 91.2 cm³/mol. The topological polar surface area (TPSA) is 59.1 Å². The van der Waals surface area contributed by atoms with Crippen molar-refractivity contribution < 1.29 is 8.42 Å². The molecule has 2 rings (SSSR count). The summed E-state index contributed by atoms with van der Waals surface area (Å²) in [7, 11) is -3.41. The van der Waals surface area contributed by atoms with Gasteiger partial charge in [0.05, 0.1) is 11.8 Å². The van der Waals surface area contributed by atoms with Gasteiger partial charge in [0, 0.05) is 11.6 Å². The van der Waals surface area contributed by atoms with E-state index in [1.807, 2.05) is 36.6 Å². The van der Waals surface area contributed by atoms with Crippen LogP contribution in [0.25, 0.3) is 0 Å². The van der Waals surface area contributed by atoms with Gasteiger partial charge >= 0.3 is 0 Å². The van der Waals surface area contributed by atoms with Gasteiger partial charge in [-0.3, -0.25) is 0 Å². The molecule has 0 fully saturated rings. The van der Waals surface area contributed by atoms with Gasteiger partial charge < -0.3 is 0 Å². The van der Waals surface area contributed by atoms with Gasteiger partial charge in [-0.25, -0.2) is 18.1 Å². The molecular formula is C16H22N2O2S2. The first-order valence-electron chi connectivity index (χ1n) is 7.30. The number of aromatic nitrogens is 1. The summed E-state index contributed by atoms with van der Waals surface area (Å²) in [6.45, 7) is 6.12. The highest BCUT2D eigenvalue weighted by molar-refractivity contribution is 7.88. The van der Waals surface area contributed by atoms with E-state index in [1.54, 1.807) is 6.20 Å². The van der Waals surface area contributed by atoms with Gasteiger partial charge in [-0.15, -0.1) is 11.3 Å². The zero-order chi connectivity index (χ0) is 16.2.